The standard InChI is InChI=1S/C10H12F3N3O2/c11-10(12,13)6-16(3-4-17)8-2-1-7(5-15-8)9(14)18/h1-2,5,17H,3-4,6H2,(H2,14,18). The quantitative estimate of drug-likeness (QED) is 0.812. The number of pyridine rings is 1. The summed E-state index contributed by atoms with van der Waals surface area (Å²) >= 11 is 0. The summed E-state index contributed by atoms with van der Waals surface area (Å²) in [4.78, 5) is 15.4. The first-order chi connectivity index (χ1) is 8.33. The number of primary amides is 1. The van der Waals surface area contributed by atoms with Gasteiger partial charge >= 0.3 is 6.18 Å². The lowest BCUT2D eigenvalue weighted by Crippen LogP contribution is -2.36. The van der Waals surface area contributed by atoms with E-state index in [4.69, 9.17) is 10.8 Å². The average molecular weight is 263 g/mol. The number of alkyl halides is 3. The van der Waals surface area contributed by atoms with E-state index in [1.165, 1.54) is 12.1 Å². The molecule has 0 spiro atoms. The number of halogens is 3. The Bertz CT molecular complexity index is 406. The van der Waals surface area contributed by atoms with Gasteiger partial charge in [0, 0.05) is 12.7 Å². The number of hydrogen-bond donors (Lipinski definition) is 2. The summed E-state index contributed by atoms with van der Waals surface area (Å²) in [6, 6.07) is 2.53. The number of aromatic nitrogens is 1. The van der Waals surface area contributed by atoms with Crippen LogP contribution in [-0.2, 0) is 0 Å². The molecule has 1 aromatic heterocycles. The van der Waals surface area contributed by atoms with Gasteiger partial charge in [0.05, 0.1) is 12.2 Å². The van der Waals surface area contributed by atoms with Gasteiger partial charge in [-0.2, -0.15) is 13.2 Å². The SMILES string of the molecule is NC(=O)c1ccc(N(CCO)CC(F)(F)F)nc1. The number of nitrogens with zero attached hydrogens (tertiary/aromatic N) is 2. The molecule has 100 valence electrons. The smallest absolute Gasteiger partial charge is 0.395 e. The van der Waals surface area contributed by atoms with Crippen molar-refractivity contribution in [3.63, 3.8) is 0 Å². The number of anilines is 1. The summed E-state index contributed by atoms with van der Waals surface area (Å²) in [6.45, 7) is -1.87. The summed E-state index contributed by atoms with van der Waals surface area (Å²) in [5.41, 5.74) is 5.09. The van der Waals surface area contributed by atoms with Crippen molar-refractivity contribution in [2.45, 2.75) is 6.18 Å². The van der Waals surface area contributed by atoms with Gasteiger partial charge in [-0.1, -0.05) is 0 Å². The third kappa shape index (κ3) is 4.21. The van der Waals surface area contributed by atoms with E-state index >= 15 is 0 Å². The third-order valence-electron chi connectivity index (χ3n) is 2.10. The predicted molar refractivity (Wildman–Crippen MR) is 58.1 cm³/mol. The van der Waals surface area contributed by atoms with Crippen LogP contribution in [0.15, 0.2) is 18.3 Å². The van der Waals surface area contributed by atoms with Crippen LogP contribution in [0.5, 0.6) is 0 Å². The van der Waals surface area contributed by atoms with Crippen LogP contribution in [0.25, 0.3) is 0 Å². The summed E-state index contributed by atoms with van der Waals surface area (Å²) < 4.78 is 36.9. The lowest BCUT2D eigenvalue weighted by atomic mass is 10.2. The van der Waals surface area contributed by atoms with Crippen molar-refractivity contribution in [1.29, 1.82) is 0 Å². The monoisotopic (exact) mass is 263 g/mol. The largest absolute Gasteiger partial charge is 0.405 e. The van der Waals surface area contributed by atoms with E-state index in [0.717, 1.165) is 11.1 Å². The van der Waals surface area contributed by atoms with Gasteiger partial charge in [-0.05, 0) is 12.1 Å². The van der Waals surface area contributed by atoms with Crippen LogP contribution in [0.4, 0.5) is 19.0 Å². The van der Waals surface area contributed by atoms with Crippen molar-refractivity contribution in [3.05, 3.63) is 23.9 Å². The number of hydrogen-bond acceptors (Lipinski definition) is 4. The van der Waals surface area contributed by atoms with Gasteiger partial charge in [0.2, 0.25) is 5.91 Å². The van der Waals surface area contributed by atoms with Crippen molar-refractivity contribution >= 4 is 11.7 Å². The van der Waals surface area contributed by atoms with Crippen molar-refractivity contribution in [1.82, 2.24) is 4.98 Å². The highest BCUT2D eigenvalue weighted by Crippen LogP contribution is 2.20. The molecule has 0 unspecified atom stereocenters. The number of nitrogens with two attached hydrogens (primary N) is 1. The molecule has 0 aliphatic carbocycles. The second kappa shape index (κ2) is 5.67. The molecule has 0 atom stereocenters. The molecule has 3 N–H and O–H groups in total. The maximum absolute atomic E-state index is 12.3. The Morgan fingerprint density at radius 1 is 1.44 bits per heavy atom. The number of rotatable bonds is 5. The van der Waals surface area contributed by atoms with Crippen LogP contribution in [0, 0.1) is 0 Å². The van der Waals surface area contributed by atoms with Crippen LogP contribution in [0.3, 0.4) is 0 Å². The van der Waals surface area contributed by atoms with E-state index in [-0.39, 0.29) is 17.9 Å². The summed E-state index contributed by atoms with van der Waals surface area (Å²) in [5, 5.41) is 8.73. The first-order valence-electron chi connectivity index (χ1n) is 5.02. The van der Waals surface area contributed by atoms with Gasteiger partial charge in [0.25, 0.3) is 0 Å². The molecule has 0 fully saturated rings. The molecule has 0 aliphatic rings. The molecule has 0 saturated heterocycles. The van der Waals surface area contributed by atoms with Crippen molar-refractivity contribution in [2.24, 2.45) is 5.73 Å². The number of carbonyl (C=O) groups excluding carboxylic acids is 1. The maximum Gasteiger partial charge on any atom is 0.405 e. The fourth-order valence-corrected chi connectivity index (χ4v) is 1.33. The number of amides is 1. The Hall–Kier alpha value is -1.83. The molecule has 0 aromatic carbocycles. The topological polar surface area (TPSA) is 79.5 Å². The zero-order valence-corrected chi connectivity index (χ0v) is 9.31. The summed E-state index contributed by atoms with van der Waals surface area (Å²) in [6.07, 6.45) is -3.31. The molecule has 1 heterocycles. The molecule has 0 radical (unpaired) electrons. The van der Waals surface area contributed by atoms with Crippen LogP contribution in [0.2, 0.25) is 0 Å². The molecular weight excluding hydrogens is 251 g/mol. The lowest BCUT2D eigenvalue weighted by molar-refractivity contribution is -0.120. The first-order valence-corrected chi connectivity index (χ1v) is 5.02. The zero-order chi connectivity index (χ0) is 13.8. The summed E-state index contributed by atoms with van der Waals surface area (Å²) in [7, 11) is 0. The van der Waals surface area contributed by atoms with Crippen molar-refractivity contribution < 1.29 is 23.1 Å². The van der Waals surface area contributed by atoms with Crippen LogP contribution >= 0.6 is 0 Å². The van der Waals surface area contributed by atoms with Gasteiger partial charge in [0.1, 0.15) is 12.4 Å². The van der Waals surface area contributed by atoms with E-state index in [2.05, 4.69) is 4.98 Å². The van der Waals surface area contributed by atoms with Crippen LogP contribution in [-0.4, -0.2) is 41.9 Å². The normalized spacial score (nSPS) is 11.3. The second-order valence-electron chi connectivity index (χ2n) is 3.53. The second-order valence-corrected chi connectivity index (χ2v) is 3.53. The fourth-order valence-electron chi connectivity index (χ4n) is 1.33. The van der Waals surface area contributed by atoms with Crippen LogP contribution in [0.1, 0.15) is 10.4 Å². The van der Waals surface area contributed by atoms with E-state index in [9.17, 15) is 18.0 Å². The van der Waals surface area contributed by atoms with E-state index in [1.807, 2.05) is 0 Å². The van der Waals surface area contributed by atoms with Gasteiger partial charge in [0.15, 0.2) is 0 Å². The predicted octanol–water partition coefficient (Wildman–Crippen LogP) is 0.542. The molecule has 1 aromatic rings. The molecule has 1 rings (SSSR count). The molecule has 0 bridgehead atoms. The number of aliphatic hydroxyl groups is 1. The average Bonchev–Trinajstić information content (AvgIpc) is 2.27. The van der Waals surface area contributed by atoms with Crippen LogP contribution < -0.4 is 10.6 Å². The Kier molecular flexibility index (Phi) is 4.49. The van der Waals surface area contributed by atoms with E-state index < -0.39 is 25.2 Å². The highest BCUT2D eigenvalue weighted by atomic mass is 19.4. The van der Waals surface area contributed by atoms with E-state index in [1.54, 1.807) is 0 Å². The van der Waals surface area contributed by atoms with Gasteiger partial charge < -0.3 is 15.7 Å². The first kappa shape index (κ1) is 14.2. The van der Waals surface area contributed by atoms with Gasteiger partial charge in [-0.15, -0.1) is 0 Å². The lowest BCUT2D eigenvalue weighted by Gasteiger charge is -2.23. The van der Waals surface area contributed by atoms with Gasteiger partial charge in [-0.25, -0.2) is 4.98 Å². The zero-order valence-electron chi connectivity index (χ0n) is 9.31. The van der Waals surface area contributed by atoms with Gasteiger partial charge in [-0.3, -0.25) is 4.79 Å². The third-order valence-corrected chi connectivity index (χ3v) is 2.10. The Morgan fingerprint density at radius 3 is 2.50 bits per heavy atom. The molecule has 0 aliphatic heterocycles. The molecule has 5 nitrogen and oxygen atoms in total. The molecule has 1 amide bonds. The minimum absolute atomic E-state index is 0.0198. The van der Waals surface area contributed by atoms with Crippen molar-refractivity contribution in [2.75, 3.05) is 24.6 Å². The minimum atomic E-state index is -4.40. The Labute approximate surface area is 101 Å². The number of aliphatic hydroxyl groups excluding tert-OH is 1. The van der Waals surface area contributed by atoms with Crippen molar-refractivity contribution in [3.8, 4) is 0 Å². The molecule has 0 saturated carbocycles. The number of carbonyl (C=O) groups is 1. The Morgan fingerprint density at radius 2 is 2.11 bits per heavy atom. The maximum atomic E-state index is 12.3. The fraction of sp³-hybridized carbons (Fsp3) is 0.400. The molecule has 18 heavy (non-hydrogen) atoms. The Balaban J connectivity index is 2.88. The molecular formula is C10H12F3N3O2. The minimum Gasteiger partial charge on any atom is -0.395 e. The molecule has 8 heteroatoms. The summed E-state index contributed by atoms with van der Waals surface area (Å²) in [5.74, 6) is -0.690. The van der Waals surface area contributed by atoms with E-state index in [0.29, 0.717) is 0 Å². The highest BCUT2D eigenvalue weighted by Gasteiger charge is 2.31. The highest BCUT2D eigenvalue weighted by molar-refractivity contribution is 5.92.